The molecule has 2 aromatic heterocycles. The minimum atomic E-state index is -0.615. The number of nitrogens with two attached hydrogens (primary N) is 2. The predicted molar refractivity (Wildman–Crippen MR) is 144 cm³/mol. The van der Waals surface area contributed by atoms with Crippen LogP contribution in [0.3, 0.4) is 0 Å². The Labute approximate surface area is 220 Å². The largest absolute Gasteiger partial charge is 0.506 e. The number of phenolic OH excluding ortho intramolecular Hbond substituents is 1. The van der Waals surface area contributed by atoms with Gasteiger partial charge in [-0.15, -0.1) is 0 Å². The molecule has 37 heavy (non-hydrogen) atoms. The number of nitrogens with zero attached hydrogens (tertiary/aromatic N) is 2. The zero-order valence-corrected chi connectivity index (χ0v) is 20.7. The molecule has 0 aliphatic heterocycles. The van der Waals surface area contributed by atoms with E-state index >= 15 is 0 Å². The molecule has 0 saturated carbocycles. The molecule has 0 saturated heterocycles. The van der Waals surface area contributed by atoms with Gasteiger partial charge in [0.2, 0.25) is 0 Å². The number of nitro groups is 2. The number of non-ortho nitro benzene ring substituents is 2. The van der Waals surface area contributed by atoms with E-state index in [1.807, 2.05) is 22.6 Å². The summed E-state index contributed by atoms with van der Waals surface area (Å²) in [6, 6.07) is 12.5. The van der Waals surface area contributed by atoms with Crippen molar-refractivity contribution in [2.45, 2.75) is 0 Å². The van der Waals surface area contributed by atoms with Gasteiger partial charge in [-0.2, -0.15) is 0 Å². The summed E-state index contributed by atoms with van der Waals surface area (Å²) in [6.45, 7) is 0. The zero-order valence-electron chi connectivity index (χ0n) is 19.5. The number of anilines is 2. The molecule has 15 nitrogen and oxygen atoms in total. The number of fused-ring (bicyclic) bond motifs is 2. The van der Waals surface area contributed by atoms with E-state index < -0.39 is 21.4 Å². The molecule has 0 atom stereocenters. The number of aromatic nitrogens is 2. The number of aromatic amines is 2. The van der Waals surface area contributed by atoms with Crippen molar-refractivity contribution in [3.05, 3.63) is 95.9 Å². The van der Waals surface area contributed by atoms with E-state index in [4.69, 9.17) is 22.4 Å². The second kappa shape index (κ2) is 12.7. The van der Waals surface area contributed by atoms with Crippen molar-refractivity contribution >= 4 is 67.5 Å². The molecule has 2 heterocycles. The van der Waals surface area contributed by atoms with Crippen LogP contribution in [0, 0.1) is 20.2 Å². The first-order valence-corrected chi connectivity index (χ1v) is 11.2. The summed E-state index contributed by atoms with van der Waals surface area (Å²) >= 11 is 1.96. The molecule has 5 aromatic rings. The van der Waals surface area contributed by atoms with Crippen molar-refractivity contribution < 1.29 is 25.2 Å². The number of rotatable bonds is 2. The van der Waals surface area contributed by atoms with Crippen LogP contribution in [-0.2, 0) is 0 Å². The number of phenols is 1. The van der Waals surface area contributed by atoms with Crippen LogP contribution in [0.4, 0.5) is 22.7 Å². The SMILES string of the molecule is Nc1ccc([N+](=O)[O-])cc1O.Nc1ccc2[nH]c(=O)oc2c1.O=c1[nH]c2ccc([N+](=O)[O-])cc2o1.[2H]CI. The first-order chi connectivity index (χ1) is 17.9. The Balaban J connectivity index is 0.000000191. The Kier molecular flexibility index (Phi) is 9.19. The first kappa shape index (κ1) is 26.7. The average molecular weight is 627 g/mol. The van der Waals surface area contributed by atoms with Gasteiger partial charge in [-0.3, -0.25) is 30.2 Å². The van der Waals surface area contributed by atoms with Gasteiger partial charge in [0.15, 0.2) is 11.2 Å². The van der Waals surface area contributed by atoms with E-state index in [-0.39, 0.29) is 28.4 Å². The lowest BCUT2D eigenvalue weighted by molar-refractivity contribution is -0.385. The lowest BCUT2D eigenvalue weighted by Gasteiger charge is -1.95. The second-order valence-corrected chi connectivity index (χ2v) is 6.72. The molecular formula is C21H19IN6O9. The number of nitrogens with one attached hydrogen (secondary N) is 2. The molecule has 0 unspecified atom stereocenters. The van der Waals surface area contributed by atoms with Crippen LogP contribution in [0.25, 0.3) is 22.2 Å². The Morgan fingerprint density at radius 2 is 1.32 bits per heavy atom. The maximum atomic E-state index is 10.7. The number of oxazole rings is 2. The Morgan fingerprint density at radius 1 is 0.865 bits per heavy atom. The molecule has 0 spiro atoms. The molecule has 0 bridgehead atoms. The quantitative estimate of drug-likeness (QED) is 0.0471. The third kappa shape index (κ3) is 7.82. The maximum absolute atomic E-state index is 10.7. The Morgan fingerprint density at radius 3 is 1.84 bits per heavy atom. The number of benzene rings is 3. The van der Waals surface area contributed by atoms with E-state index in [0.29, 0.717) is 27.2 Å². The van der Waals surface area contributed by atoms with Gasteiger partial charge in [0, 0.05) is 25.3 Å². The third-order valence-electron chi connectivity index (χ3n) is 4.29. The van der Waals surface area contributed by atoms with Crippen LogP contribution in [-0.4, -0.2) is 29.8 Å². The fourth-order valence-corrected chi connectivity index (χ4v) is 2.66. The van der Waals surface area contributed by atoms with E-state index in [2.05, 4.69) is 14.4 Å². The molecule has 194 valence electrons. The van der Waals surface area contributed by atoms with E-state index in [0.717, 1.165) is 6.07 Å². The van der Waals surface area contributed by atoms with Crippen molar-refractivity contribution in [3.63, 3.8) is 0 Å². The van der Waals surface area contributed by atoms with Crippen LogP contribution in [0.5, 0.6) is 5.75 Å². The van der Waals surface area contributed by atoms with Gasteiger partial charge < -0.3 is 25.4 Å². The van der Waals surface area contributed by atoms with Gasteiger partial charge in [0.05, 0.1) is 38.7 Å². The van der Waals surface area contributed by atoms with Crippen LogP contribution in [0.15, 0.2) is 73.0 Å². The van der Waals surface area contributed by atoms with Crippen LogP contribution < -0.4 is 23.0 Å². The number of nitrogen functional groups attached to an aromatic ring is 2. The highest BCUT2D eigenvalue weighted by atomic mass is 127. The van der Waals surface area contributed by atoms with Crippen LogP contribution in [0.1, 0.15) is 1.37 Å². The molecule has 16 heteroatoms. The normalized spacial score (nSPS) is 10.1. The molecule has 0 fully saturated rings. The Bertz CT molecular complexity index is 1680. The van der Waals surface area contributed by atoms with Crippen LogP contribution in [0.2, 0.25) is 0 Å². The molecule has 0 amide bonds. The molecule has 5 rings (SSSR count). The van der Waals surface area contributed by atoms with Gasteiger partial charge in [-0.1, -0.05) is 22.6 Å². The molecule has 3 aromatic carbocycles. The van der Waals surface area contributed by atoms with Crippen molar-refractivity contribution in [2.75, 3.05) is 16.4 Å². The number of hydrogen-bond acceptors (Lipinski definition) is 11. The maximum Gasteiger partial charge on any atom is 0.417 e. The van der Waals surface area contributed by atoms with E-state index in [1.54, 1.807) is 18.2 Å². The van der Waals surface area contributed by atoms with E-state index in [9.17, 15) is 29.8 Å². The van der Waals surface area contributed by atoms with Crippen molar-refractivity contribution in [2.24, 2.45) is 0 Å². The number of hydrogen-bond donors (Lipinski definition) is 5. The first-order valence-electron chi connectivity index (χ1n) is 10.4. The lowest BCUT2D eigenvalue weighted by Crippen LogP contribution is -1.92. The summed E-state index contributed by atoms with van der Waals surface area (Å²) in [4.78, 5) is 46.0. The number of nitro benzene ring substituents is 2. The van der Waals surface area contributed by atoms with Crippen LogP contribution >= 0.6 is 22.6 Å². The van der Waals surface area contributed by atoms with Gasteiger partial charge >= 0.3 is 11.5 Å². The number of H-pyrrole nitrogens is 2. The second-order valence-electron chi connectivity index (χ2n) is 6.72. The summed E-state index contributed by atoms with van der Waals surface area (Å²) in [5.74, 6) is -1.33. The van der Waals surface area contributed by atoms with Crippen molar-refractivity contribution in [1.29, 1.82) is 0 Å². The highest BCUT2D eigenvalue weighted by Gasteiger charge is 2.09. The minimum absolute atomic E-state index is 0.102. The van der Waals surface area contributed by atoms with Crippen molar-refractivity contribution in [1.82, 2.24) is 9.97 Å². The molecular weight excluding hydrogens is 607 g/mol. The average Bonchev–Trinajstić information content (AvgIpc) is 3.41. The minimum Gasteiger partial charge on any atom is -0.506 e. The predicted octanol–water partition coefficient (Wildman–Crippen LogP) is 3.67. The summed E-state index contributed by atoms with van der Waals surface area (Å²) in [5, 5.41) is 29.4. The summed E-state index contributed by atoms with van der Waals surface area (Å²) in [5.41, 5.74) is 12.9. The highest BCUT2D eigenvalue weighted by molar-refractivity contribution is 14.1. The smallest absolute Gasteiger partial charge is 0.417 e. The summed E-state index contributed by atoms with van der Waals surface area (Å²) in [7, 11) is 0. The monoisotopic (exact) mass is 627 g/mol. The molecule has 7 N–H and O–H groups in total. The number of halogens is 1. The summed E-state index contributed by atoms with van der Waals surface area (Å²) < 4.78 is 15.6. The van der Waals surface area contributed by atoms with Gasteiger partial charge in [-0.25, -0.2) is 9.59 Å². The van der Waals surface area contributed by atoms with Gasteiger partial charge in [0.1, 0.15) is 5.75 Å². The summed E-state index contributed by atoms with van der Waals surface area (Å²) in [6.07, 6.45) is 0. The fourth-order valence-electron chi connectivity index (χ4n) is 2.66. The highest BCUT2D eigenvalue weighted by Crippen LogP contribution is 2.24. The standard InChI is InChI=1S/C7H4N2O4.C7H6N2O2.C6H6N2O3.CH3I/c10-7-8-5-2-1-4(9(11)12)3-6(5)13-7;8-4-1-2-5-6(3-4)11-7(10)9-5;7-5-2-1-4(8(10)11)3-6(5)9;1-2/h1-3H,(H,8,10);1-3H,8H2,(H,9,10);1-3,9H,7H2;1H3/i;;;1D. The van der Waals surface area contributed by atoms with Crippen molar-refractivity contribution in [3.8, 4) is 5.75 Å². The zero-order chi connectivity index (χ0) is 28.4. The topological polar surface area (TPSA) is 251 Å². The lowest BCUT2D eigenvalue weighted by atomic mass is 10.3. The number of aromatic hydroxyl groups is 1. The molecule has 0 radical (unpaired) electrons. The van der Waals surface area contributed by atoms with E-state index in [1.165, 1.54) is 30.3 Å². The van der Waals surface area contributed by atoms with Gasteiger partial charge in [0.25, 0.3) is 11.4 Å². The number of alkyl halides is 1. The molecule has 0 aliphatic carbocycles. The van der Waals surface area contributed by atoms with Gasteiger partial charge in [-0.05, 0) is 29.2 Å². The molecule has 0 aliphatic rings. The Hall–Kier alpha value is -4.87. The fraction of sp³-hybridized carbons (Fsp3) is 0.0476. The third-order valence-corrected chi connectivity index (χ3v) is 4.29.